The first-order valence-electron chi connectivity index (χ1n) is 6.15. The summed E-state index contributed by atoms with van der Waals surface area (Å²) in [6.45, 7) is 0.966. The number of ether oxygens (including phenoxy) is 2. The van der Waals surface area contributed by atoms with Crippen LogP contribution in [0.4, 0.5) is 0 Å². The lowest BCUT2D eigenvalue weighted by molar-refractivity contribution is 0.174. The van der Waals surface area contributed by atoms with Crippen LogP contribution in [0.2, 0.25) is 0 Å². The van der Waals surface area contributed by atoms with Gasteiger partial charge < -0.3 is 14.8 Å². The van der Waals surface area contributed by atoms with Crippen molar-refractivity contribution < 1.29 is 9.47 Å². The minimum absolute atomic E-state index is 0.299. The topological polar surface area (TPSA) is 30.5 Å². The molecule has 0 radical (unpaired) electrons. The summed E-state index contributed by atoms with van der Waals surface area (Å²) in [4.78, 5) is 0.751. The monoisotopic (exact) mass is 397 g/mol. The van der Waals surface area contributed by atoms with E-state index in [1.807, 2.05) is 36.4 Å². The highest BCUT2D eigenvalue weighted by molar-refractivity contribution is 14.1. The Morgan fingerprint density at radius 2 is 2.00 bits per heavy atom. The first-order valence-corrected chi connectivity index (χ1v) is 7.63. The predicted octanol–water partition coefficient (Wildman–Crippen LogP) is 3.49. The van der Waals surface area contributed by atoms with Gasteiger partial charge in [0.15, 0.2) is 11.5 Å². The van der Waals surface area contributed by atoms with E-state index in [4.69, 9.17) is 21.7 Å². The van der Waals surface area contributed by atoms with E-state index >= 15 is 0 Å². The van der Waals surface area contributed by atoms with Crippen LogP contribution in [-0.4, -0.2) is 11.8 Å². The quantitative estimate of drug-likeness (QED) is 0.635. The summed E-state index contributed by atoms with van der Waals surface area (Å²) in [6, 6.07) is 14.0. The van der Waals surface area contributed by atoms with Crippen LogP contribution < -0.4 is 14.8 Å². The van der Waals surface area contributed by atoms with Crippen LogP contribution in [0, 0.1) is 3.57 Å². The summed E-state index contributed by atoms with van der Waals surface area (Å²) in [5, 5.41) is 3.27. The Balaban J connectivity index is 1.66. The third kappa shape index (κ3) is 3.04. The number of nitrogens with one attached hydrogen (secondary N) is 1. The van der Waals surface area contributed by atoms with Crippen molar-refractivity contribution in [2.45, 2.75) is 6.54 Å². The predicted molar refractivity (Wildman–Crippen MR) is 90.3 cm³/mol. The standard InChI is InChI=1S/C15H12INO2S/c16-12-3-1-2-11(7-12)15(20)17-8-10-4-5-13-14(6-10)19-9-18-13/h1-7H,8-9H2,(H,17,20). The fourth-order valence-electron chi connectivity index (χ4n) is 1.97. The molecule has 0 fully saturated rings. The molecule has 5 heteroatoms. The summed E-state index contributed by atoms with van der Waals surface area (Å²) in [7, 11) is 0. The molecule has 0 aromatic heterocycles. The number of thiocarbonyl (C=S) groups is 1. The molecule has 1 aliphatic rings. The summed E-state index contributed by atoms with van der Waals surface area (Å²) in [6.07, 6.45) is 0. The summed E-state index contributed by atoms with van der Waals surface area (Å²) >= 11 is 7.69. The minimum Gasteiger partial charge on any atom is -0.454 e. The molecule has 2 aromatic carbocycles. The highest BCUT2D eigenvalue weighted by atomic mass is 127. The third-order valence-electron chi connectivity index (χ3n) is 2.98. The fraction of sp³-hybridized carbons (Fsp3) is 0.133. The molecule has 0 aliphatic carbocycles. The van der Waals surface area contributed by atoms with Gasteiger partial charge in [0.25, 0.3) is 0 Å². The van der Waals surface area contributed by atoms with Gasteiger partial charge in [-0.15, -0.1) is 0 Å². The molecule has 3 nitrogen and oxygen atoms in total. The van der Waals surface area contributed by atoms with Gasteiger partial charge in [-0.1, -0.05) is 30.4 Å². The van der Waals surface area contributed by atoms with Crippen LogP contribution in [-0.2, 0) is 6.54 Å². The largest absolute Gasteiger partial charge is 0.454 e. The van der Waals surface area contributed by atoms with Gasteiger partial charge in [0.05, 0.1) is 0 Å². The van der Waals surface area contributed by atoms with Crippen LogP contribution >= 0.6 is 34.8 Å². The van der Waals surface area contributed by atoms with Crippen LogP contribution in [0.25, 0.3) is 0 Å². The molecule has 1 heterocycles. The van der Waals surface area contributed by atoms with E-state index in [1.54, 1.807) is 0 Å². The zero-order chi connectivity index (χ0) is 13.9. The number of fused-ring (bicyclic) bond motifs is 1. The Labute approximate surface area is 136 Å². The zero-order valence-corrected chi connectivity index (χ0v) is 13.5. The highest BCUT2D eigenvalue weighted by Gasteiger charge is 2.13. The minimum atomic E-state index is 0.299. The smallest absolute Gasteiger partial charge is 0.231 e. The molecule has 0 saturated heterocycles. The second-order valence-electron chi connectivity index (χ2n) is 4.38. The normalized spacial score (nSPS) is 12.2. The number of benzene rings is 2. The molecule has 102 valence electrons. The lowest BCUT2D eigenvalue weighted by Gasteiger charge is -2.09. The molecule has 0 saturated carbocycles. The number of rotatable bonds is 3. The van der Waals surface area contributed by atoms with E-state index in [1.165, 1.54) is 3.57 Å². The van der Waals surface area contributed by atoms with Gasteiger partial charge in [0.1, 0.15) is 4.99 Å². The Morgan fingerprint density at radius 1 is 1.15 bits per heavy atom. The molecule has 1 N–H and O–H groups in total. The van der Waals surface area contributed by atoms with Crippen molar-refractivity contribution in [2.24, 2.45) is 0 Å². The third-order valence-corrected chi connectivity index (χ3v) is 4.03. The second-order valence-corrected chi connectivity index (χ2v) is 6.03. The Hall–Kier alpha value is -1.34. The Morgan fingerprint density at radius 3 is 2.85 bits per heavy atom. The van der Waals surface area contributed by atoms with Gasteiger partial charge in [-0.25, -0.2) is 0 Å². The van der Waals surface area contributed by atoms with Crippen LogP contribution in [0.1, 0.15) is 11.1 Å². The maximum Gasteiger partial charge on any atom is 0.231 e. The first kappa shape index (κ1) is 13.6. The molecule has 2 aromatic rings. The Kier molecular flexibility index (Phi) is 4.07. The van der Waals surface area contributed by atoms with E-state index in [-0.39, 0.29) is 0 Å². The molecular weight excluding hydrogens is 385 g/mol. The van der Waals surface area contributed by atoms with Crippen molar-refractivity contribution in [3.63, 3.8) is 0 Å². The fourth-order valence-corrected chi connectivity index (χ4v) is 2.71. The van der Waals surface area contributed by atoms with Crippen LogP contribution in [0.5, 0.6) is 11.5 Å². The van der Waals surface area contributed by atoms with E-state index in [9.17, 15) is 0 Å². The van der Waals surface area contributed by atoms with E-state index in [0.29, 0.717) is 13.3 Å². The molecule has 0 spiro atoms. The van der Waals surface area contributed by atoms with E-state index < -0.39 is 0 Å². The SMILES string of the molecule is S=C(NCc1ccc2c(c1)OCO2)c1cccc(I)c1. The molecule has 0 amide bonds. The van der Waals surface area contributed by atoms with Gasteiger partial charge in [-0.05, 0) is 52.4 Å². The van der Waals surface area contributed by atoms with Gasteiger partial charge in [0, 0.05) is 15.7 Å². The highest BCUT2D eigenvalue weighted by Crippen LogP contribution is 2.32. The zero-order valence-electron chi connectivity index (χ0n) is 10.6. The van der Waals surface area contributed by atoms with Crippen molar-refractivity contribution in [2.75, 3.05) is 6.79 Å². The van der Waals surface area contributed by atoms with Crippen LogP contribution in [0.15, 0.2) is 42.5 Å². The molecular formula is C15H12INO2S. The molecule has 20 heavy (non-hydrogen) atoms. The van der Waals surface area contributed by atoms with Gasteiger partial charge in [-0.3, -0.25) is 0 Å². The van der Waals surface area contributed by atoms with Crippen molar-refractivity contribution >= 4 is 39.8 Å². The molecule has 3 rings (SSSR count). The maximum absolute atomic E-state index is 5.41. The van der Waals surface area contributed by atoms with E-state index in [2.05, 4.69) is 34.0 Å². The van der Waals surface area contributed by atoms with Gasteiger partial charge >= 0.3 is 0 Å². The summed E-state index contributed by atoms with van der Waals surface area (Å²) in [5.74, 6) is 1.60. The molecule has 1 aliphatic heterocycles. The van der Waals surface area contributed by atoms with Gasteiger partial charge in [-0.2, -0.15) is 0 Å². The number of halogens is 1. The molecule has 0 atom stereocenters. The average Bonchev–Trinajstić information content (AvgIpc) is 2.92. The van der Waals surface area contributed by atoms with Crippen molar-refractivity contribution in [1.82, 2.24) is 5.32 Å². The lowest BCUT2D eigenvalue weighted by atomic mass is 10.2. The lowest BCUT2D eigenvalue weighted by Crippen LogP contribution is -2.21. The molecule has 0 bridgehead atoms. The number of hydrogen-bond donors (Lipinski definition) is 1. The van der Waals surface area contributed by atoms with E-state index in [0.717, 1.165) is 27.6 Å². The average molecular weight is 397 g/mol. The van der Waals surface area contributed by atoms with Crippen molar-refractivity contribution in [3.8, 4) is 11.5 Å². The van der Waals surface area contributed by atoms with Crippen molar-refractivity contribution in [1.29, 1.82) is 0 Å². The Bertz CT molecular complexity index is 660. The molecule has 0 unspecified atom stereocenters. The van der Waals surface area contributed by atoms with Crippen molar-refractivity contribution in [3.05, 3.63) is 57.2 Å². The van der Waals surface area contributed by atoms with Crippen LogP contribution in [0.3, 0.4) is 0 Å². The van der Waals surface area contributed by atoms with Gasteiger partial charge in [0.2, 0.25) is 6.79 Å². The summed E-state index contributed by atoms with van der Waals surface area (Å²) in [5.41, 5.74) is 2.15. The number of hydrogen-bond acceptors (Lipinski definition) is 3. The maximum atomic E-state index is 5.41. The summed E-state index contributed by atoms with van der Waals surface area (Å²) < 4.78 is 11.8. The second kappa shape index (κ2) is 5.97. The first-order chi connectivity index (χ1) is 9.72.